The van der Waals surface area contributed by atoms with Gasteiger partial charge in [0.2, 0.25) is 0 Å². The highest BCUT2D eigenvalue weighted by Crippen LogP contribution is 2.25. The van der Waals surface area contributed by atoms with Crippen molar-refractivity contribution in [2.24, 2.45) is 0 Å². The van der Waals surface area contributed by atoms with Crippen LogP contribution in [0.3, 0.4) is 0 Å². The lowest BCUT2D eigenvalue weighted by Gasteiger charge is -2.33. The predicted molar refractivity (Wildman–Crippen MR) is 110 cm³/mol. The Morgan fingerprint density at radius 2 is 2.14 bits per heavy atom. The third kappa shape index (κ3) is 3.77. The van der Waals surface area contributed by atoms with E-state index in [1.165, 1.54) is 19.3 Å². The molecule has 4 rings (SSSR count). The third-order valence-electron chi connectivity index (χ3n) is 5.45. The molecule has 1 N–H and O–H groups in total. The van der Waals surface area contributed by atoms with Gasteiger partial charge in [-0.3, -0.25) is 14.3 Å². The van der Waals surface area contributed by atoms with E-state index in [1.807, 2.05) is 42.0 Å². The molecule has 1 saturated heterocycles. The number of nitrogens with zero attached hydrogens (tertiary/aromatic N) is 3. The van der Waals surface area contributed by atoms with Gasteiger partial charge in [0, 0.05) is 29.5 Å². The first-order chi connectivity index (χ1) is 13.6. The monoisotopic (exact) mass is 398 g/mol. The maximum absolute atomic E-state index is 13.0. The van der Waals surface area contributed by atoms with Crippen molar-refractivity contribution in [3.8, 4) is 5.13 Å². The zero-order valence-corrected chi connectivity index (χ0v) is 17.2. The molecular weight excluding hydrogens is 372 g/mol. The minimum Gasteiger partial charge on any atom is -0.468 e. The van der Waals surface area contributed by atoms with Crippen LogP contribution < -0.4 is 5.32 Å². The number of aromatic nitrogens is 2. The third-order valence-corrected chi connectivity index (χ3v) is 6.20. The van der Waals surface area contributed by atoms with Crippen LogP contribution in [0.2, 0.25) is 0 Å². The zero-order valence-electron chi connectivity index (χ0n) is 16.4. The molecule has 1 fully saturated rings. The molecule has 3 aromatic heterocycles. The van der Waals surface area contributed by atoms with Crippen molar-refractivity contribution in [3.05, 3.63) is 58.8 Å². The Hall–Kier alpha value is -2.38. The first-order valence-electron chi connectivity index (χ1n) is 9.79. The largest absolute Gasteiger partial charge is 0.468 e. The number of hydrogen-bond donors (Lipinski definition) is 1. The van der Waals surface area contributed by atoms with Gasteiger partial charge >= 0.3 is 0 Å². The average Bonchev–Trinajstić information content (AvgIpc) is 3.45. The quantitative estimate of drug-likeness (QED) is 0.679. The van der Waals surface area contributed by atoms with E-state index in [4.69, 9.17) is 4.42 Å². The van der Waals surface area contributed by atoms with E-state index in [0.29, 0.717) is 12.1 Å². The molecule has 1 atom stereocenters. The summed E-state index contributed by atoms with van der Waals surface area (Å²) in [5.41, 5.74) is 2.62. The van der Waals surface area contributed by atoms with Crippen LogP contribution >= 0.6 is 11.3 Å². The Bertz CT molecular complexity index is 909. The van der Waals surface area contributed by atoms with Gasteiger partial charge in [-0.15, -0.1) is 11.3 Å². The molecule has 1 unspecified atom stereocenters. The molecule has 1 aliphatic heterocycles. The molecule has 1 aliphatic rings. The summed E-state index contributed by atoms with van der Waals surface area (Å²) in [6, 6.07) is 5.92. The molecule has 0 radical (unpaired) electrons. The van der Waals surface area contributed by atoms with Crippen LogP contribution in [0.1, 0.15) is 52.8 Å². The number of hydrogen-bond acceptors (Lipinski definition) is 5. The van der Waals surface area contributed by atoms with Crippen LogP contribution in [-0.2, 0) is 0 Å². The van der Waals surface area contributed by atoms with Gasteiger partial charge in [-0.2, -0.15) is 0 Å². The highest BCUT2D eigenvalue weighted by Gasteiger charge is 2.26. The van der Waals surface area contributed by atoms with Gasteiger partial charge in [-0.05, 0) is 58.0 Å². The number of likely N-dealkylation sites (tertiary alicyclic amines) is 1. The number of furan rings is 1. The SMILES string of the molecule is Cc1cc(C(=O)NCC(c2ccco2)N2CCCCC2)c(C)n1-c1nccs1. The maximum atomic E-state index is 13.0. The highest BCUT2D eigenvalue weighted by molar-refractivity contribution is 7.12. The standard InChI is InChI=1S/C21H26N4O2S/c1-15-13-17(16(2)25(15)21-22-8-12-28-21)20(26)23-14-18(19-7-6-11-27-19)24-9-4-3-5-10-24/h6-8,11-13,18H,3-5,9-10,14H2,1-2H3,(H,23,26). The minimum atomic E-state index is -0.0514. The second-order valence-electron chi connectivity index (χ2n) is 7.27. The van der Waals surface area contributed by atoms with Gasteiger partial charge in [0.05, 0.1) is 17.9 Å². The van der Waals surface area contributed by atoms with E-state index in [2.05, 4.69) is 15.2 Å². The first-order valence-corrected chi connectivity index (χ1v) is 10.7. The van der Waals surface area contributed by atoms with Crippen LogP contribution in [-0.4, -0.2) is 40.0 Å². The first kappa shape index (κ1) is 19.0. The summed E-state index contributed by atoms with van der Waals surface area (Å²) in [6.45, 7) is 6.59. The molecule has 28 heavy (non-hydrogen) atoms. The normalized spacial score (nSPS) is 16.2. The van der Waals surface area contributed by atoms with E-state index in [1.54, 1.807) is 23.8 Å². The van der Waals surface area contributed by atoms with Crippen LogP contribution in [0.4, 0.5) is 0 Å². The summed E-state index contributed by atoms with van der Waals surface area (Å²) < 4.78 is 7.71. The Morgan fingerprint density at radius 1 is 1.32 bits per heavy atom. The van der Waals surface area contributed by atoms with E-state index >= 15 is 0 Å². The highest BCUT2D eigenvalue weighted by atomic mass is 32.1. The molecule has 148 valence electrons. The minimum absolute atomic E-state index is 0.0514. The molecule has 0 saturated carbocycles. The predicted octanol–water partition coefficient (Wildman–Crippen LogP) is 4.10. The van der Waals surface area contributed by atoms with Crippen molar-refractivity contribution in [1.82, 2.24) is 19.8 Å². The fourth-order valence-corrected chi connectivity index (χ4v) is 4.77. The van der Waals surface area contributed by atoms with Crippen molar-refractivity contribution in [2.45, 2.75) is 39.2 Å². The number of nitrogens with one attached hydrogen (secondary N) is 1. The van der Waals surface area contributed by atoms with Gasteiger partial charge in [0.25, 0.3) is 5.91 Å². The number of carbonyl (C=O) groups is 1. The summed E-state index contributed by atoms with van der Waals surface area (Å²) in [7, 11) is 0. The van der Waals surface area contributed by atoms with Crippen molar-refractivity contribution in [1.29, 1.82) is 0 Å². The second-order valence-corrected chi connectivity index (χ2v) is 8.15. The van der Waals surface area contributed by atoms with Crippen LogP contribution in [0.5, 0.6) is 0 Å². The molecule has 6 nitrogen and oxygen atoms in total. The Balaban J connectivity index is 1.50. The molecule has 7 heteroatoms. The van der Waals surface area contributed by atoms with Crippen molar-refractivity contribution < 1.29 is 9.21 Å². The number of thiazole rings is 1. The number of rotatable bonds is 6. The van der Waals surface area contributed by atoms with Crippen LogP contribution in [0.15, 0.2) is 40.5 Å². The summed E-state index contributed by atoms with van der Waals surface area (Å²) >= 11 is 1.57. The Kier molecular flexibility index (Phi) is 5.64. The van der Waals surface area contributed by atoms with Gasteiger partial charge in [-0.1, -0.05) is 6.42 Å². The lowest BCUT2D eigenvalue weighted by Crippen LogP contribution is -2.40. The number of piperidine rings is 1. The molecule has 0 aromatic carbocycles. The molecule has 0 bridgehead atoms. The number of carbonyl (C=O) groups excluding carboxylic acids is 1. The van der Waals surface area contributed by atoms with Crippen molar-refractivity contribution in [3.63, 3.8) is 0 Å². The Labute approximate surface area is 169 Å². The van der Waals surface area contributed by atoms with Crippen LogP contribution in [0.25, 0.3) is 5.13 Å². The summed E-state index contributed by atoms with van der Waals surface area (Å²) in [5.74, 6) is 0.861. The summed E-state index contributed by atoms with van der Waals surface area (Å²) in [6.07, 6.45) is 7.15. The second kappa shape index (κ2) is 8.32. The molecule has 0 spiro atoms. The summed E-state index contributed by atoms with van der Waals surface area (Å²) in [4.78, 5) is 19.8. The van der Waals surface area contributed by atoms with E-state index in [0.717, 1.165) is 35.4 Å². The van der Waals surface area contributed by atoms with E-state index < -0.39 is 0 Å². The molecular formula is C21H26N4O2S. The van der Waals surface area contributed by atoms with Gasteiger partial charge in [-0.25, -0.2) is 4.98 Å². The summed E-state index contributed by atoms with van der Waals surface area (Å²) in [5, 5.41) is 5.97. The van der Waals surface area contributed by atoms with Gasteiger partial charge in [0.15, 0.2) is 5.13 Å². The molecule has 4 heterocycles. The number of aryl methyl sites for hydroxylation is 1. The van der Waals surface area contributed by atoms with Crippen molar-refractivity contribution in [2.75, 3.05) is 19.6 Å². The fraction of sp³-hybridized carbons (Fsp3) is 0.429. The topological polar surface area (TPSA) is 63.3 Å². The molecule has 0 aliphatic carbocycles. The van der Waals surface area contributed by atoms with Gasteiger partial charge < -0.3 is 9.73 Å². The zero-order chi connectivity index (χ0) is 19.5. The lowest BCUT2D eigenvalue weighted by atomic mass is 10.1. The van der Waals surface area contributed by atoms with Crippen molar-refractivity contribution >= 4 is 17.2 Å². The Morgan fingerprint density at radius 3 is 2.82 bits per heavy atom. The maximum Gasteiger partial charge on any atom is 0.253 e. The smallest absolute Gasteiger partial charge is 0.253 e. The van der Waals surface area contributed by atoms with Gasteiger partial charge in [0.1, 0.15) is 5.76 Å². The lowest BCUT2D eigenvalue weighted by molar-refractivity contribution is 0.0913. The fourth-order valence-electron chi connectivity index (χ4n) is 4.02. The molecule has 1 amide bonds. The average molecular weight is 399 g/mol. The van der Waals surface area contributed by atoms with E-state index in [-0.39, 0.29) is 11.9 Å². The van der Waals surface area contributed by atoms with E-state index in [9.17, 15) is 4.79 Å². The van der Waals surface area contributed by atoms with Crippen LogP contribution in [0, 0.1) is 13.8 Å². The molecule has 3 aromatic rings. The number of amides is 1.